The summed E-state index contributed by atoms with van der Waals surface area (Å²) in [5.74, 6) is 2.63. The van der Waals surface area contributed by atoms with Gasteiger partial charge < -0.3 is 24.8 Å². The second-order valence-electron chi connectivity index (χ2n) is 26.9. The van der Waals surface area contributed by atoms with Crippen LogP contribution in [-0.4, -0.2) is 101 Å². The predicted octanol–water partition coefficient (Wildman–Crippen LogP) is 20.0. The Balaban J connectivity index is 0.00000113. The Hall–Kier alpha value is -6.46. The first kappa shape index (κ1) is 94.5. The van der Waals surface area contributed by atoms with Gasteiger partial charge in [0.15, 0.2) is 16.6 Å². The molecule has 566 valence electrons. The highest BCUT2D eigenvalue weighted by molar-refractivity contribution is 7.13. The van der Waals surface area contributed by atoms with Crippen LogP contribution in [0, 0.1) is 19.7 Å². The van der Waals surface area contributed by atoms with Crippen molar-refractivity contribution in [2.45, 2.75) is 258 Å². The van der Waals surface area contributed by atoms with E-state index in [9.17, 15) is 31.9 Å². The Bertz CT molecular complexity index is 3620. The fraction of sp³-hybridized carbons (Fsp3) is 0.589. The van der Waals surface area contributed by atoms with Crippen molar-refractivity contribution >= 4 is 85.9 Å². The van der Waals surface area contributed by atoms with E-state index >= 15 is 0 Å². The highest BCUT2D eigenvalue weighted by atomic mass is 32.1. The lowest BCUT2D eigenvalue weighted by atomic mass is 9.91. The van der Waals surface area contributed by atoms with Crippen molar-refractivity contribution in [2.75, 3.05) is 27.4 Å². The van der Waals surface area contributed by atoms with Gasteiger partial charge in [0.2, 0.25) is 5.91 Å². The fourth-order valence-electron chi connectivity index (χ4n) is 7.30. The van der Waals surface area contributed by atoms with Crippen molar-refractivity contribution in [3.63, 3.8) is 0 Å². The molecular weight excluding hydrogens is 1410 g/mol. The van der Waals surface area contributed by atoms with E-state index < -0.39 is 11.9 Å². The van der Waals surface area contributed by atoms with E-state index in [1.54, 1.807) is 96.4 Å². The van der Waals surface area contributed by atoms with Crippen LogP contribution in [0.3, 0.4) is 0 Å². The van der Waals surface area contributed by atoms with E-state index in [2.05, 4.69) is 142 Å². The highest BCUT2D eigenvalue weighted by Crippen LogP contribution is 2.32. The lowest BCUT2D eigenvalue weighted by Crippen LogP contribution is -2.31. The number of ether oxygens (including phenoxy) is 3. The molecule has 0 saturated heterocycles. The van der Waals surface area contributed by atoms with Crippen LogP contribution < -0.4 is 15.4 Å². The van der Waals surface area contributed by atoms with Crippen molar-refractivity contribution in [1.82, 2.24) is 60.3 Å². The van der Waals surface area contributed by atoms with Crippen molar-refractivity contribution in [3.8, 4) is 5.06 Å². The molecule has 0 unspecified atom stereocenters. The van der Waals surface area contributed by atoms with E-state index in [1.807, 2.05) is 101 Å². The maximum atomic E-state index is 13.3. The summed E-state index contributed by atoms with van der Waals surface area (Å²) in [5, 5.41) is 26.4. The molecule has 8 heterocycles. The molecule has 8 aromatic heterocycles. The molecule has 18 nitrogen and oxygen atoms in total. The molecule has 0 aliphatic rings. The van der Waals surface area contributed by atoms with Crippen LogP contribution in [0.2, 0.25) is 0 Å². The summed E-state index contributed by atoms with van der Waals surface area (Å²) in [4.78, 5) is 67.2. The van der Waals surface area contributed by atoms with Crippen LogP contribution >= 0.6 is 68.0 Å². The number of esters is 2. The lowest BCUT2D eigenvalue weighted by Gasteiger charge is -2.18. The molecular formula is C73H114F4N12O6S6. The summed E-state index contributed by atoms with van der Waals surface area (Å²) in [7, 11) is 3.55. The van der Waals surface area contributed by atoms with Crippen molar-refractivity contribution in [1.29, 1.82) is 0 Å². The van der Waals surface area contributed by atoms with Crippen molar-refractivity contribution in [2.24, 2.45) is 0 Å². The van der Waals surface area contributed by atoms with Gasteiger partial charge in [-0.15, -0.1) is 56.7 Å². The van der Waals surface area contributed by atoms with Gasteiger partial charge >= 0.3 is 18.1 Å². The summed E-state index contributed by atoms with van der Waals surface area (Å²) < 4.78 is 65.5. The smallest absolute Gasteiger partial charge is 0.434 e. The number of amides is 1. The minimum atomic E-state index is -4.30. The first-order valence-corrected chi connectivity index (χ1v) is 38.4. The van der Waals surface area contributed by atoms with Gasteiger partial charge in [0.1, 0.15) is 18.7 Å². The zero-order chi connectivity index (χ0) is 76.4. The number of hydrogen-bond donors (Lipinski definition) is 2. The number of pyridine rings is 1. The number of hydrogen-bond acceptors (Lipinski definition) is 22. The van der Waals surface area contributed by atoms with Crippen molar-refractivity contribution in [3.05, 3.63) is 145 Å². The number of aromatic nitrogens is 10. The summed E-state index contributed by atoms with van der Waals surface area (Å²) in [6.07, 6.45) is 2.23. The number of methoxy groups -OCH3 is 1. The number of halogens is 4. The van der Waals surface area contributed by atoms with E-state index in [0.29, 0.717) is 59.9 Å². The van der Waals surface area contributed by atoms with Crippen LogP contribution in [-0.2, 0) is 66.7 Å². The van der Waals surface area contributed by atoms with Crippen LogP contribution in [0.25, 0.3) is 0 Å². The number of carbonyl (C=O) groups is 3. The third-order valence-electron chi connectivity index (χ3n) is 12.5. The Labute approximate surface area is 623 Å². The fourth-order valence-corrected chi connectivity index (χ4v) is 12.2. The molecule has 8 aromatic rings. The molecule has 0 aromatic carbocycles. The summed E-state index contributed by atoms with van der Waals surface area (Å²) in [5.41, 5.74) is 5.28. The first-order chi connectivity index (χ1) is 46.4. The predicted molar refractivity (Wildman–Crippen MR) is 412 cm³/mol. The van der Waals surface area contributed by atoms with Gasteiger partial charge in [-0.3, -0.25) is 19.4 Å². The number of alkyl halides is 3. The second kappa shape index (κ2) is 47.0. The largest absolute Gasteiger partial charge is 0.486 e. The van der Waals surface area contributed by atoms with Gasteiger partial charge in [-0.25, -0.2) is 44.0 Å². The summed E-state index contributed by atoms with van der Waals surface area (Å²) in [6, 6.07) is 1.72. The number of rotatable bonds is 19. The van der Waals surface area contributed by atoms with Gasteiger partial charge in [-0.05, 0) is 53.2 Å². The SMILES string of the molecule is C.C=C(Cc1csc(C(C)C)n1)NC.CC(C)NC(=O)Cc1csc(C(C)C)n1.CC(C)c1nc(C(F)(F)F)cs1.CCOC(=O)Cc1csc(C(C)C)n1.CCOC(=O)Cn1cnc(C(C)(C)C)n1.COc1cnc(C(C)C)s1.Cc1cnc(C(C)(C)C)c(F)c1.Cc1csc(C(C)C)n1. The number of allylic oxidation sites excluding steroid dienone is 1. The van der Waals surface area contributed by atoms with Gasteiger partial charge in [-0.2, -0.15) is 18.3 Å². The minimum absolute atomic E-state index is 0. The van der Waals surface area contributed by atoms with Gasteiger partial charge in [-0.1, -0.05) is 150 Å². The zero-order valence-corrected chi connectivity index (χ0v) is 68.5. The number of nitrogens with zero attached hydrogens (tertiary/aromatic N) is 10. The molecule has 101 heavy (non-hydrogen) atoms. The molecule has 0 radical (unpaired) electrons. The number of aryl methyl sites for hydroxylation is 2. The van der Waals surface area contributed by atoms with Crippen LogP contribution in [0.1, 0.15) is 271 Å². The van der Waals surface area contributed by atoms with Gasteiger partial charge in [0.05, 0.1) is 92.2 Å². The summed E-state index contributed by atoms with van der Waals surface area (Å²) >= 11 is 9.36. The van der Waals surface area contributed by atoms with Crippen LogP contribution in [0.4, 0.5) is 17.6 Å². The molecule has 8 rings (SSSR count). The lowest BCUT2D eigenvalue weighted by molar-refractivity contribution is -0.144. The number of nitrogens with one attached hydrogen (secondary N) is 2. The molecule has 0 fully saturated rings. The Kier molecular flexibility index (Phi) is 44.0. The second-order valence-corrected chi connectivity index (χ2v) is 32.4. The van der Waals surface area contributed by atoms with Crippen molar-refractivity contribution < 1.29 is 46.2 Å². The third-order valence-corrected chi connectivity index (χ3v) is 19.7. The number of carbonyl (C=O) groups excluding carboxylic acids is 3. The minimum Gasteiger partial charge on any atom is -0.486 e. The van der Waals surface area contributed by atoms with E-state index in [4.69, 9.17) is 14.2 Å². The molecule has 0 saturated carbocycles. The monoisotopic (exact) mass is 1520 g/mol. The van der Waals surface area contributed by atoms with Gasteiger partial charge in [0, 0.05) is 110 Å². The first-order valence-electron chi connectivity index (χ1n) is 33.2. The van der Waals surface area contributed by atoms with Crippen LogP contribution in [0.15, 0.2) is 64.0 Å². The average Bonchev–Trinajstić information content (AvgIpc) is 1.59. The molecule has 28 heteroatoms. The zero-order valence-electron chi connectivity index (χ0n) is 63.6. The maximum absolute atomic E-state index is 13.3. The quantitative estimate of drug-likeness (QED) is 0.0567. The number of likely N-dealkylation sites (N-methyl/N-ethyl adjacent to an activating group) is 1. The molecule has 0 aliphatic heterocycles. The molecule has 0 aliphatic carbocycles. The van der Waals surface area contributed by atoms with Crippen LogP contribution in [0.5, 0.6) is 5.06 Å². The Morgan fingerprint density at radius 2 is 1.03 bits per heavy atom. The standard InChI is InChI=1S/C11H18N2OS.C10H14FN.C10H17N3O2.C10H16N2S.C10H15NO2S.C7H8F3NS.C7H11NOS.C7H11NS.CH4/c1-7(2)11-13-9(6-15-11)5-10(14)12-8(3)4;1-7-5-8(11)9(12-6-7)10(2,3)4;1-5-15-8(14)6-13-7-11-9(12-13)10(2,3)4;1-7(2)10-12-9(6-13-10)5-8(3)11-4;1-4-13-9(12)5-8-6-14-10(11-8)7(2)3;1-4(2)6-11-5(3-12-6)7(8,9)10;1-5(2)7-8-4-6(9-3)10-7;1-5(2)7-8-6(3)4-9-7;/h6-8H,5H2,1-4H3,(H,12,14);5-6H,1-4H3;7H,5-6H2,1-4H3;6-7,11H,3,5H2,1-2,4H3;6-7H,4-5H2,1-3H3;3-4H,1-2H3;4-5H,1-3H3;4-5H,1-3H3;1H4. The molecule has 2 N–H and O–H groups in total. The molecule has 1 amide bonds. The number of thiazole rings is 6. The Morgan fingerprint density at radius 3 is 1.37 bits per heavy atom. The van der Waals surface area contributed by atoms with E-state index in [0.717, 1.165) is 83.1 Å². The normalized spacial score (nSPS) is 11.0. The average molecular weight is 1520 g/mol. The van der Waals surface area contributed by atoms with E-state index in [-0.39, 0.29) is 66.8 Å². The third kappa shape index (κ3) is 39.1. The Morgan fingerprint density at radius 1 is 0.584 bits per heavy atom. The molecule has 0 spiro atoms. The molecule has 0 atom stereocenters. The maximum Gasteiger partial charge on any atom is 0.434 e. The highest BCUT2D eigenvalue weighted by Gasteiger charge is 2.34. The molecule has 0 bridgehead atoms. The topological polar surface area (TPSA) is 224 Å². The van der Waals surface area contributed by atoms with Gasteiger partial charge in [0.25, 0.3) is 0 Å². The van der Waals surface area contributed by atoms with E-state index in [1.165, 1.54) is 20.8 Å². The summed E-state index contributed by atoms with van der Waals surface area (Å²) in [6.45, 7) is 53.0.